The maximum atomic E-state index is 12.1. The fraction of sp³-hybridized carbons (Fsp3) is 0.167. The fourth-order valence-corrected chi connectivity index (χ4v) is 3.03. The summed E-state index contributed by atoms with van der Waals surface area (Å²) in [5.41, 5.74) is 1.84. The Balaban J connectivity index is 1.55. The minimum Gasteiger partial charge on any atom is -0.495 e. The van der Waals surface area contributed by atoms with Crippen LogP contribution in [-0.2, 0) is 12.8 Å². The van der Waals surface area contributed by atoms with Crippen molar-refractivity contribution in [2.75, 3.05) is 17.7 Å². The van der Waals surface area contributed by atoms with E-state index in [1.54, 1.807) is 19.2 Å². The molecule has 2 aromatic carbocycles. The second-order valence-electron chi connectivity index (χ2n) is 5.27. The van der Waals surface area contributed by atoms with E-state index in [4.69, 9.17) is 4.74 Å². The van der Waals surface area contributed by atoms with Gasteiger partial charge >= 0.3 is 6.03 Å². The number of carbonyl (C=O) groups excluding carboxylic acids is 1. The number of hydrogen-bond acceptors (Lipinski definition) is 5. The summed E-state index contributed by atoms with van der Waals surface area (Å²) in [6.45, 7) is 0. The molecule has 0 aliphatic carbocycles. The van der Waals surface area contributed by atoms with Crippen molar-refractivity contribution < 1.29 is 9.53 Å². The molecule has 3 aromatic rings. The third-order valence-electron chi connectivity index (χ3n) is 3.51. The largest absolute Gasteiger partial charge is 0.495 e. The highest BCUT2D eigenvalue weighted by Crippen LogP contribution is 2.23. The van der Waals surface area contributed by atoms with Crippen LogP contribution in [0.15, 0.2) is 54.6 Å². The van der Waals surface area contributed by atoms with E-state index in [2.05, 4.69) is 33.0 Å². The van der Waals surface area contributed by atoms with Crippen molar-refractivity contribution >= 4 is 28.2 Å². The van der Waals surface area contributed by atoms with E-state index in [1.165, 1.54) is 16.9 Å². The quantitative estimate of drug-likeness (QED) is 0.702. The fourth-order valence-electron chi connectivity index (χ4n) is 2.30. The predicted molar refractivity (Wildman–Crippen MR) is 99.4 cm³/mol. The molecule has 7 heteroatoms. The van der Waals surface area contributed by atoms with E-state index in [0.29, 0.717) is 16.6 Å². The lowest BCUT2D eigenvalue weighted by molar-refractivity contribution is 0.262. The number of anilines is 2. The molecule has 0 saturated heterocycles. The highest BCUT2D eigenvalue weighted by Gasteiger charge is 2.10. The van der Waals surface area contributed by atoms with Gasteiger partial charge in [-0.25, -0.2) is 4.79 Å². The molecule has 3 rings (SSSR count). The molecule has 0 unspecified atom stereocenters. The number of benzene rings is 2. The Morgan fingerprint density at radius 1 is 1.00 bits per heavy atom. The number of aryl methyl sites for hydroxylation is 2. The van der Waals surface area contributed by atoms with Gasteiger partial charge in [-0.1, -0.05) is 53.8 Å². The normalized spacial score (nSPS) is 10.3. The van der Waals surface area contributed by atoms with Gasteiger partial charge in [0.2, 0.25) is 5.13 Å². The van der Waals surface area contributed by atoms with Gasteiger partial charge in [0.25, 0.3) is 0 Å². The summed E-state index contributed by atoms with van der Waals surface area (Å²) in [5, 5.41) is 14.9. The van der Waals surface area contributed by atoms with Crippen LogP contribution in [0.1, 0.15) is 10.6 Å². The molecule has 0 aliphatic heterocycles. The molecule has 0 bridgehead atoms. The maximum absolute atomic E-state index is 12.1. The van der Waals surface area contributed by atoms with Crippen LogP contribution in [0.5, 0.6) is 5.75 Å². The van der Waals surface area contributed by atoms with Crippen molar-refractivity contribution in [1.82, 2.24) is 10.2 Å². The molecule has 1 heterocycles. The highest BCUT2D eigenvalue weighted by molar-refractivity contribution is 7.15. The number of nitrogens with one attached hydrogen (secondary N) is 2. The first-order valence-electron chi connectivity index (χ1n) is 7.82. The first-order valence-corrected chi connectivity index (χ1v) is 8.63. The first-order chi connectivity index (χ1) is 12.2. The number of amides is 2. The van der Waals surface area contributed by atoms with Gasteiger partial charge in [-0.2, -0.15) is 0 Å². The van der Waals surface area contributed by atoms with Gasteiger partial charge in [-0.15, -0.1) is 10.2 Å². The van der Waals surface area contributed by atoms with E-state index in [-0.39, 0.29) is 6.03 Å². The third-order valence-corrected chi connectivity index (χ3v) is 4.41. The first kappa shape index (κ1) is 16.9. The average Bonchev–Trinajstić information content (AvgIpc) is 3.08. The zero-order chi connectivity index (χ0) is 17.5. The smallest absolute Gasteiger partial charge is 0.325 e. The standard InChI is InChI=1S/C18H18N4O2S/c1-24-15-10-6-5-9-14(15)19-17(23)20-18-22-21-16(25-18)12-11-13-7-3-2-4-8-13/h2-10H,11-12H2,1H3,(H2,19,20,22,23). The van der Waals surface area contributed by atoms with E-state index in [0.717, 1.165) is 17.8 Å². The van der Waals surface area contributed by atoms with Crippen LogP contribution in [0.2, 0.25) is 0 Å². The molecule has 2 N–H and O–H groups in total. The minimum absolute atomic E-state index is 0.379. The van der Waals surface area contributed by atoms with Crippen molar-refractivity contribution in [3.8, 4) is 5.75 Å². The van der Waals surface area contributed by atoms with Gasteiger partial charge in [0, 0.05) is 6.42 Å². The molecule has 1 aromatic heterocycles. The third kappa shape index (κ3) is 4.77. The molecule has 0 spiro atoms. The Kier molecular flexibility index (Phi) is 5.58. The van der Waals surface area contributed by atoms with Crippen molar-refractivity contribution in [2.45, 2.75) is 12.8 Å². The Hall–Kier alpha value is -2.93. The van der Waals surface area contributed by atoms with Crippen molar-refractivity contribution in [3.63, 3.8) is 0 Å². The molecule has 128 valence electrons. The zero-order valence-electron chi connectivity index (χ0n) is 13.7. The topological polar surface area (TPSA) is 76.1 Å². The number of urea groups is 1. The number of ether oxygens (including phenoxy) is 1. The number of rotatable bonds is 6. The maximum Gasteiger partial charge on any atom is 0.325 e. The summed E-state index contributed by atoms with van der Waals surface area (Å²) in [7, 11) is 1.56. The van der Waals surface area contributed by atoms with E-state index in [1.807, 2.05) is 30.3 Å². The van der Waals surface area contributed by atoms with E-state index >= 15 is 0 Å². The summed E-state index contributed by atoms with van der Waals surface area (Å²) < 4.78 is 5.21. The lowest BCUT2D eigenvalue weighted by atomic mass is 10.1. The summed E-state index contributed by atoms with van der Waals surface area (Å²) >= 11 is 1.38. The summed E-state index contributed by atoms with van der Waals surface area (Å²) in [4.78, 5) is 12.1. The van der Waals surface area contributed by atoms with Gasteiger partial charge in [-0.05, 0) is 24.1 Å². The molecular formula is C18H18N4O2S. The Morgan fingerprint density at radius 2 is 1.76 bits per heavy atom. The number of aromatic nitrogens is 2. The summed E-state index contributed by atoms with van der Waals surface area (Å²) in [5.74, 6) is 0.596. The van der Waals surface area contributed by atoms with Gasteiger partial charge in [-0.3, -0.25) is 5.32 Å². The number of carbonyl (C=O) groups is 1. The zero-order valence-corrected chi connectivity index (χ0v) is 14.5. The van der Waals surface area contributed by atoms with Crippen LogP contribution in [0, 0.1) is 0 Å². The molecule has 0 aliphatic rings. The van der Waals surface area contributed by atoms with Crippen LogP contribution in [0.25, 0.3) is 0 Å². The Labute approximate surface area is 149 Å². The highest BCUT2D eigenvalue weighted by atomic mass is 32.1. The average molecular weight is 354 g/mol. The predicted octanol–water partition coefficient (Wildman–Crippen LogP) is 3.98. The molecule has 0 atom stereocenters. The monoisotopic (exact) mass is 354 g/mol. The SMILES string of the molecule is COc1ccccc1NC(=O)Nc1nnc(CCc2ccccc2)s1. The van der Waals surface area contributed by atoms with Crippen LogP contribution in [0.4, 0.5) is 15.6 Å². The lowest BCUT2D eigenvalue weighted by Gasteiger charge is -2.09. The van der Waals surface area contributed by atoms with Crippen LogP contribution >= 0.6 is 11.3 Å². The number of hydrogen-bond donors (Lipinski definition) is 2. The van der Waals surface area contributed by atoms with Gasteiger partial charge in [0.15, 0.2) is 0 Å². The molecule has 0 fully saturated rings. The minimum atomic E-state index is -0.379. The van der Waals surface area contributed by atoms with E-state index < -0.39 is 0 Å². The molecule has 25 heavy (non-hydrogen) atoms. The van der Waals surface area contributed by atoms with Gasteiger partial charge in [0.05, 0.1) is 12.8 Å². The Bertz CT molecular complexity index is 836. The summed E-state index contributed by atoms with van der Waals surface area (Å²) in [6.07, 6.45) is 1.68. The second kappa shape index (κ2) is 8.25. The second-order valence-corrected chi connectivity index (χ2v) is 6.33. The molecule has 2 amide bonds. The Morgan fingerprint density at radius 3 is 2.56 bits per heavy atom. The molecular weight excluding hydrogens is 336 g/mol. The number of nitrogens with zero attached hydrogens (tertiary/aromatic N) is 2. The molecule has 0 saturated carbocycles. The van der Waals surface area contributed by atoms with Gasteiger partial charge < -0.3 is 10.1 Å². The lowest BCUT2D eigenvalue weighted by Crippen LogP contribution is -2.19. The van der Waals surface area contributed by atoms with Crippen molar-refractivity contribution in [1.29, 1.82) is 0 Å². The van der Waals surface area contributed by atoms with Crippen LogP contribution < -0.4 is 15.4 Å². The number of methoxy groups -OCH3 is 1. The molecule has 6 nitrogen and oxygen atoms in total. The number of para-hydroxylation sites is 2. The molecule has 0 radical (unpaired) electrons. The van der Waals surface area contributed by atoms with Crippen molar-refractivity contribution in [2.24, 2.45) is 0 Å². The van der Waals surface area contributed by atoms with Crippen molar-refractivity contribution in [3.05, 3.63) is 65.2 Å². The van der Waals surface area contributed by atoms with Crippen LogP contribution in [0.3, 0.4) is 0 Å². The van der Waals surface area contributed by atoms with Crippen LogP contribution in [-0.4, -0.2) is 23.3 Å². The summed E-state index contributed by atoms with van der Waals surface area (Å²) in [6, 6.07) is 17.0. The van der Waals surface area contributed by atoms with E-state index in [9.17, 15) is 4.79 Å². The van der Waals surface area contributed by atoms with Gasteiger partial charge in [0.1, 0.15) is 10.8 Å².